The third kappa shape index (κ3) is 3.70. The van der Waals surface area contributed by atoms with Gasteiger partial charge in [-0.15, -0.1) is 0 Å². The lowest BCUT2D eigenvalue weighted by atomic mass is 10.0. The fourth-order valence-corrected chi connectivity index (χ4v) is 2.74. The van der Waals surface area contributed by atoms with Gasteiger partial charge >= 0.3 is 0 Å². The monoisotopic (exact) mass is 324 g/mol. The van der Waals surface area contributed by atoms with Gasteiger partial charge in [0, 0.05) is 15.6 Å². The molecule has 2 nitrogen and oxygen atoms in total. The van der Waals surface area contributed by atoms with E-state index in [2.05, 4.69) is 13.8 Å². The lowest BCUT2D eigenvalue weighted by Gasteiger charge is -2.16. The molecule has 0 atom stereocenters. The average Bonchev–Trinajstić information content (AvgIpc) is 2.42. The zero-order valence-corrected chi connectivity index (χ0v) is 13.8. The molecule has 0 amide bonds. The van der Waals surface area contributed by atoms with E-state index < -0.39 is 0 Å². The van der Waals surface area contributed by atoms with Gasteiger partial charge in [0.1, 0.15) is 11.5 Å². The van der Waals surface area contributed by atoms with Gasteiger partial charge in [-0.3, -0.25) is 0 Å². The molecule has 2 aromatic rings. The number of ether oxygens (including phenoxy) is 1. The number of hydrogen-bond acceptors (Lipinski definition) is 2. The van der Waals surface area contributed by atoms with Gasteiger partial charge in [0.25, 0.3) is 0 Å². The maximum Gasteiger partial charge on any atom is 0.133 e. The lowest BCUT2D eigenvalue weighted by molar-refractivity contribution is 0.276. The van der Waals surface area contributed by atoms with Crippen LogP contribution in [0.25, 0.3) is 0 Å². The fourth-order valence-electron chi connectivity index (χ4n) is 2.11. The number of aliphatic hydroxyl groups excluding tert-OH is 1. The van der Waals surface area contributed by atoms with Crippen LogP contribution in [0.2, 0.25) is 10.0 Å². The summed E-state index contributed by atoms with van der Waals surface area (Å²) < 4.78 is 5.95. The highest BCUT2D eigenvalue weighted by Gasteiger charge is 2.12. The van der Waals surface area contributed by atoms with Crippen LogP contribution >= 0.6 is 23.2 Å². The molecule has 0 spiro atoms. The van der Waals surface area contributed by atoms with Crippen molar-refractivity contribution in [2.45, 2.75) is 33.3 Å². The summed E-state index contributed by atoms with van der Waals surface area (Å²) in [6.45, 7) is 5.99. The van der Waals surface area contributed by atoms with Crippen LogP contribution in [0.15, 0.2) is 30.3 Å². The number of hydrogen-bond donors (Lipinski definition) is 1. The molecular formula is C17H18Cl2O2. The molecule has 0 bridgehead atoms. The summed E-state index contributed by atoms with van der Waals surface area (Å²) in [5.74, 6) is 1.64. The van der Waals surface area contributed by atoms with Crippen molar-refractivity contribution in [3.05, 3.63) is 57.1 Å². The van der Waals surface area contributed by atoms with E-state index in [0.29, 0.717) is 22.3 Å². The Labute approximate surface area is 135 Å². The minimum absolute atomic E-state index is 0.125. The van der Waals surface area contributed by atoms with Crippen LogP contribution in [0.1, 0.15) is 36.5 Å². The van der Waals surface area contributed by atoms with Crippen LogP contribution in [0.5, 0.6) is 11.5 Å². The predicted octanol–water partition coefficient (Wildman–Crippen LogP) is 5.71. The van der Waals surface area contributed by atoms with E-state index in [4.69, 9.17) is 27.9 Å². The lowest BCUT2D eigenvalue weighted by Crippen LogP contribution is -1.96. The minimum Gasteiger partial charge on any atom is -0.457 e. The smallest absolute Gasteiger partial charge is 0.133 e. The van der Waals surface area contributed by atoms with Crippen molar-refractivity contribution >= 4 is 23.2 Å². The van der Waals surface area contributed by atoms with Gasteiger partial charge < -0.3 is 9.84 Å². The number of aliphatic hydroxyl groups is 1. The van der Waals surface area contributed by atoms with Crippen LogP contribution in [-0.4, -0.2) is 5.11 Å². The highest BCUT2D eigenvalue weighted by molar-refractivity contribution is 6.31. The Morgan fingerprint density at radius 1 is 1.10 bits per heavy atom. The summed E-state index contributed by atoms with van der Waals surface area (Å²) in [5, 5.41) is 10.7. The first-order valence-electron chi connectivity index (χ1n) is 6.79. The normalized spacial score (nSPS) is 11.0. The van der Waals surface area contributed by atoms with Crippen molar-refractivity contribution in [3.8, 4) is 11.5 Å². The number of rotatable bonds is 4. The maximum absolute atomic E-state index is 9.42. The number of benzene rings is 2. The Morgan fingerprint density at radius 2 is 1.81 bits per heavy atom. The number of halogens is 2. The average molecular weight is 325 g/mol. The van der Waals surface area contributed by atoms with Gasteiger partial charge in [-0.2, -0.15) is 0 Å². The molecule has 1 N–H and O–H groups in total. The molecule has 0 fully saturated rings. The van der Waals surface area contributed by atoms with Gasteiger partial charge in [-0.1, -0.05) is 37.0 Å². The van der Waals surface area contributed by atoms with E-state index in [0.717, 1.165) is 21.9 Å². The Hall–Kier alpha value is -1.22. The Kier molecular flexibility index (Phi) is 5.15. The molecule has 0 saturated carbocycles. The fraction of sp³-hybridized carbons (Fsp3) is 0.294. The third-order valence-electron chi connectivity index (χ3n) is 3.33. The number of aryl methyl sites for hydroxylation is 1. The molecule has 0 aliphatic carbocycles. The molecule has 0 heterocycles. The largest absolute Gasteiger partial charge is 0.457 e. The van der Waals surface area contributed by atoms with E-state index in [1.807, 2.05) is 19.1 Å². The topological polar surface area (TPSA) is 29.5 Å². The summed E-state index contributed by atoms with van der Waals surface area (Å²) in [6, 6.07) is 9.06. The molecule has 0 radical (unpaired) electrons. The second kappa shape index (κ2) is 6.69. The first-order chi connectivity index (χ1) is 9.92. The molecule has 4 heteroatoms. The molecule has 0 saturated heterocycles. The minimum atomic E-state index is -0.125. The van der Waals surface area contributed by atoms with Crippen LogP contribution in [0.3, 0.4) is 0 Å². The van der Waals surface area contributed by atoms with Crippen molar-refractivity contribution in [2.24, 2.45) is 0 Å². The molecule has 112 valence electrons. The third-order valence-corrected chi connectivity index (χ3v) is 3.89. The molecule has 2 rings (SSSR count). The summed E-state index contributed by atoms with van der Waals surface area (Å²) >= 11 is 12.2. The zero-order chi connectivity index (χ0) is 15.6. The van der Waals surface area contributed by atoms with Crippen molar-refractivity contribution in [1.82, 2.24) is 0 Å². The Bertz CT molecular complexity index is 651. The van der Waals surface area contributed by atoms with E-state index >= 15 is 0 Å². The van der Waals surface area contributed by atoms with Gasteiger partial charge in [0.2, 0.25) is 0 Å². The Morgan fingerprint density at radius 3 is 2.43 bits per heavy atom. The van der Waals surface area contributed by atoms with Gasteiger partial charge in [-0.25, -0.2) is 0 Å². The summed E-state index contributed by atoms with van der Waals surface area (Å²) in [5.41, 5.74) is 2.64. The van der Waals surface area contributed by atoms with Gasteiger partial charge in [0.15, 0.2) is 0 Å². The maximum atomic E-state index is 9.42. The van der Waals surface area contributed by atoms with Crippen LogP contribution in [0.4, 0.5) is 0 Å². The SMILES string of the molecule is Cc1cc(Cl)c(C(C)C)cc1Oc1ccc(Cl)cc1CO. The van der Waals surface area contributed by atoms with Gasteiger partial charge in [0.05, 0.1) is 6.61 Å². The summed E-state index contributed by atoms with van der Waals surface area (Å²) in [4.78, 5) is 0. The van der Waals surface area contributed by atoms with E-state index in [1.54, 1.807) is 18.2 Å². The highest BCUT2D eigenvalue weighted by Crippen LogP contribution is 2.35. The van der Waals surface area contributed by atoms with Crippen molar-refractivity contribution < 1.29 is 9.84 Å². The second-order valence-corrected chi connectivity index (χ2v) is 6.15. The quantitative estimate of drug-likeness (QED) is 0.780. The second-order valence-electron chi connectivity index (χ2n) is 5.31. The summed E-state index contributed by atoms with van der Waals surface area (Å²) in [6.07, 6.45) is 0. The molecular weight excluding hydrogens is 307 g/mol. The molecule has 21 heavy (non-hydrogen) atoms. The summed E-state index contributed by atoms with van der Waals surface area (Å²) in [7, 11) is 0. The highest BCUT2D eigenvalue weighted by atomic mass is 35.5. The van der Waals surface area contributed by atoms with Crippen LogP contribution in [0, 0.1) is 6.92 Å². The van der Waals surface area contributed by atoms with Crippen molar-refractivity contribution in [2.75, 3.05) is 0 Å². The molecule has 0 aromatic heterocycles. The van der Waals surface area contributed by atoms with Crippen LogP contribution < -0.4 is 4.74 Å². The Balaban J connectivity index is 2.42. The first kappa shape index (κ1) is 16.2. The first-order valence-corrected chi connectivity index (χ1v) is 7.55. The van der Waals surface area contributed by atoms with E-state index in [-0.39, 0.29) is 6.61 Å². The van der Waals surface area contributed by atoms with Gasteiger partial charge in [-0.05, 0) is 54.3 Å². The van der Waals surface area contributed by atoms with Crippen molar-refractivity contribution in [3.63, 3.8) is 0 Å². The molecule has 2 aromatic carbocycles. The standard InChI is InChI=1S/C17H18Cl2O2/c1-10(2)14-8-17(11(3)6-15(14)19)21-16-5-4-13(18)7-12(16)9-20/h4-8,10,20H,9H2,1-3H3. The molecule has 0 aliphatic heterocycles. The van der Waals surface area contributed by atoms with Crippen LogP contribution in [-0.2, 0) is 6.61 Å². The zero-order valence-electron chi connectivity index (χ0n) is 12.3. The van der Waals surface area contributed by atoms with E-state index in [1.165, 1.54) is 0 Å². The predicted molar refractivity (Wildman–Crippen MR) is 87.7 cm³/mol. The van der Waals surface area contributed by atoms with E-state index in [9.17, 15) is 5.11 Å². The molecule has 0 aliphatic rings. The van der Waals surface area contributed by atoms with Crippen molar-refractivity contribution in [1.29, 1.82) is 0 Å². The molecule has 0 unspecified atom stereocenters.